The number of carbonyl (C=O) groups excluding carboxylic acids is 1. The summed E-state index contributed by atoms with van der Waals surface area (Å²) in [5, 5.41) is 0. The fourth-order valence-electron chi connectivity index (χ4n) is 2.73. The van der Waals surface area contributed by atoms with Gasteiger partial charge in [0.2, 0.25) is 0 Å². The number of ether oxygens (including phenoxy) is 2. The molecule has 0 amide bonds. The maximum Gasteiger partial charge on any atom is 0.158 e. The molecule has 0 N–H and O–H groups in total. The molecule has 2 aromatic carbocycles. The molecule has 1 aliphatic carbocycles. The number of hydrogen-bond donors (Lipinski definition) is 0. The van der Waals surface area contributed by atoms with Gasteiger partial charge >= 0.3 is 0 Å². The highest BCUT2D eigenvalue weighted by atomic mass is 16.5. The summed E-state index contributed by atoms with van der Waals surface area (Å²) >= 11 is 0. The highest BCUT2D eigenvalue weighted by molar-refractivity contribution is 5.96. The summed E-state index contributed by atoms with van der Waals surface area (Å²) in [5.41, 5.74) is 4.30. The van der Waals surface area contributed by atoms with Crippen molar-refractivity contribution in [2.24, 2.45) is 5.92 Å². The molecule has 0 atom stereocenters. The lowest BCUT2D eigenvalue weighted by molar-refractivity contribution is -0.115. The Bertz CT molecular complexity index is 801. The number of hydrogen-bond acceptors (Lipinski definition) is 3. The van der Waals surface area contributed by atoms with Gasteiger partial charge in [0.1, 0.15) is 18.1 Å². The fraction of sp³-hybridized carbons (Fsp3) is 0.318. The van der Waals surface area contributed by atoms with E-state index in [1.807, 2.05) is 36.4 Å². The van der Waals surface area contributed by atoms with Gasteiger partial charge < -0.3 is 9.47 Å². The molecule has 130 valence electrons. The minimum atomic E-state index is 0.226. The Labute approximate surface area is 149 Å². The Balaban J connectivity index is 1.75. The normalized spacial score (nSPS) is 13.9. The maximum absolute atomic E-state index is 11.8. The van der Waals surface area contributed by atoms with Crippen LogP contribution in [0.2, 0.25) is 0 Å². The largest absolute Gasteiger partial charge is 0.496 e. The third-order valence-corrected chi connectivity index (χ3v) is 4.66. The van der Waals surface area contributed by atoms with Gasteiger partial charge in [-0.25, -0.2) is 0 Å². The van der Waals surface area contributed by atoms with Crippen molar-refractivity contribution in [2.45, 2.75) is 33.3 Å². The van der Waals surface area contributed by atoms with Crippen LogP contribution in [-0.2, 0) is 11.4 Å². The van der Waals surface area contributed by atoms with Gasteiger partial charge in [-0.3, -0.25) is 4.79 Å². The van der Waals surface area contributed by atoms with Gasteiger partial charge in [-0.05, 0) is 67.7 Å². The molecule has 0 radical (unpaired) electrons. The number of methoxy groups -OCH3 is 1. The van der Waals surface area contributed by atoms with Crippen LogP contribution < -0.4 is 9.47 Å². The Morgan fingerprint density at radius 3 is 2.68 bits per heavy atom. The standard InChI is InChI=1S/C22H24O3/c1-15-5-4-6-21(16(15)2)25-14-19-13-17(8-12-22(19)24-3)7-11-20(23)18-9-10-18/h4-8,11-13,18H,9-10,14H2,1-3H3/b11-7+. The summed E-state index contributed by atoms with van der Waals surface area (Å²) in [6.45, 7) is 4.56. The average molecular weight is 336 g/mol. The molecule has 1 aliphatic rings. The molecule has 2 aromatic rings. The molecule has 0 heterocycles. The van der Waals surface area contributed by atoms with Crippen LogP contribution in [0, 0.1) is 19.8 Å². The van der Waals surface area contributed by atoms with Crippen molar-refractivity contribution in [1.82, 2.24) is 0 Å². The van der Waals surface area contributed by atoms with Crippen LogP contribution >= 0.6 is 0 Å². The van der Waals surface area contributed by atoms with Gasteiger partial charge in [0.15, 0.2) is 5.78 Å². The second-order valence-corrected chi connectivity index (χ2v) is 6.57. The first-order valence-electron chi connectivity index (χ1n) is 8.66. The van der Waals surface area contributed by atoms with Crippen LogP contribution in [0.4, 0.5) is 0 Å². The lowest BCUT2D eigenvalue weighted by Crippen LogP contribution is -2.01. The fourth-order valence-corrected chi connectivity index (χ4v) is 2.73. The number of allylic oxidation sites excluding steroid dienone is 1. The summed E-state index contributed by atoms with van der Waals surface area (Å²) in [4.78, 5) is 11.8. The number of ketones is 1. The molecule has 1 saturated carbocycles. The molecule has 25 heavy (non-hydrogen) atoms. The monoisotopic (exact) mass is 336 g/mol. The van der Waals surface area contributed by atoms with Crippen LogP contribution in [0.15, 0.2) is 42.5 Å². The van der Waals surface area contributed by atoms with Crippen LogP contribution in [0.25, 0.3) is 6.08 Å². The van der Waals surface area contributed by atoms with Crippen molar-refractivity contribution in [1.29, 1.82) is 0 Å². The zero-order valence-corrected chi connectivity index (χ0v) is 15.0. The van der Waals surface area contributed by atoms with E-state index >= 15 is 0 Å². The van der Waals surface area contributed by atoms with E-state index in [4.69, 9.17) is 9.47 Å². The van der Waals surface area contributed by atoms with Crippen molar-refractivity contribution in [3.05, 3.63) is 64.7 Å². The molecular weight excluding hydrogens is 312 g/mol. The van der Waals surface area contributed by atoms with Crippen molar-refractivity contribution in [3.63, 3.8) is 0 Å². The van der Waals surface area contributed by atoms with Crippen LogP contribution in [-0.4, -0.2) is 12.9 Å². The summed E-state index contributed by atoms with van der Waals surface area (Å²) in [7, 11) is 1.66. The molecule has 3 heteroatoms. The molecule has 3 rings (SSSR count). The lowest BCUT2D eigenvalue weighted by atomic mass is 10.1. The van der Waals surface area contributed by atoms with E-state index in [0.29, 0.717) is 6.61 Å². The van der Waals surface area contributed by atoms with Crippen molar-refractivity contribution in [2.75, 3.05) is 7.11 Å². The SMILES string of the molecule is COc1ccc(/C=C/C(=O)C2CC2)cc1COc1cccc(C)c1C. The highest BCUT2D eigenvalue weighted by Crippen LogP contribution is 2.30. The van der Waals surface area contributed by atoms with Gasteiger partial charge in [0.05, 0.1) is 7.11 Å². The third-order valence-electron chi connectivity index (χ3n) is 4.66. The van der Waals surface area contributed by atoms with Crippen molar-refractivity contribution >= 4 is 11.9 Å². The molecule has 0 unspecified atom stereocenters. The summed E-state index contributed by atoms with van der Waals surface area (Å²) in [5.74, 6) is 2.15. The summed E-state index contributed by atoms with van der Waals surface area (Å²) in [6.07, 6.45) is 5.62. The zero-order valence-electron chi connectivity index (χ0n) is 15.0. The molecule has 0 saturated heterocycles. The van der Waals surface area contributed by atoms with E-state index < -0.39 is 0 Å². The quantitative estimate of drug-likeness (QED) is 0.676. The Morgan fingerprint density at radius 1 is 1.16 bits per heavy atom. The van der Waals surface area contributed by atoms with Crippen molar-refractivity contribution in [3.8, 4) is 11.5 Å². The summed E-state index contributed by atoms with van der Waals surface area (Å²) < 4.78 is 11.4. The second-order valence-electron chi connectivity index (χ2n) is 6.57. The molecule has 0 aliphatic heterocycles. The summed E-state index contributed by atoms with van der Waals surface area (Å²) in [6, 6.07) is 11.9. The van der Waals surface area contributed by atoms with Gasteiger partial charge in [-0.2, -0.15) is 0 Å². The predicted molar refractivity (Wildman–Crippen MR) is 100 cm³/mol. The number of aryl methyl sites for hydroxylation is 1. The molecule has 1 fully saturated rings. The van der Waals surface area contributed by atoms with Crippen LogP contribution in [0.3, 0.4) is 0 Å². The minimum absolute atomic E-state index is 0.226. The van der Waals surface area contributed by atoms with E-state index in [1.165, 1.54) is 5.56 Å². The Kier molecular flexibility index (Phi) is 5.22. The first-order valence-corrected chi connectivity index (χ1v) is 8.66. The van der Waals surface area contributed by atoms with Gasteiger partial charge in [0, 0.05) is 11.5 Å². The molecule has 0 bridgehead atoms. The van der Waals surface area contributed by atoms with Gasteiger partial charge in [0.25, 0.3) is 0 Å². The molecule has 0 spiro atoms. The van der Waals surface area contributed by atoms with Crippen LogP contribution in [0.1, 0.15) is 35.1 Å². The third kappa shape index (κ3) is 4.30. The first kappa shape index (κ1) is 17.3. The van der Waals surface area contributed by atoms with E-state index in [0.717, 1.165) is 41.0 Å². The highest BCUT2D eigenvalue weighted by Gasteiger charge is 2.27. The van der Waals surface area contributed by atoms with Gasteiger partial charge in [-0.15, -0.1) is 0 Å². The average Bonchev–Trinajstić information content (AvgIpc) is 3.46. The van der Waals surface area contributed by atoms with E-state index in [-0.39, 0.29) is 11.7 Å². The Hall–Kier alpha value is -2.55. The molecule has 0 aromatic heterocycles. The minimum Gasteiger partial charge on any atom is -0.496 e. The van der Waals surface area contributed by atoms with E-state index in [1.54, 1.807) is 13.2 Å². The number of benzene rings is 2. The maximum atomic E-state index is 11.8. The van der Waals surface area contributed by atoms with E-state index in [9.17, 15) is 4.79 Å². The molecule has 3 nitrogen and oxygen atoms in total. The predicted octanol–water partition coefficient (Wildman–Crippen LogP) is 4.88. The molecular formula is C22H24O3. The first-order chi connectivity index (χ1) is 12.1. The lowest BCUT2D eigenvalue weighted by Gasteiger charge is -2.13. The van der Waals surface area contributed by atoms with Crippen LogP contribution in [0.5, 0.6) is 11.5 Å². The van der Waals surface area contributed by atoms with Gasteiger partial charge in [-0.1, -0.05) is 24.3 Å². The number of carbonyl (C=O) groups is 1. The Morgan fingerprint density at radius 2 is 1.96 bits per heavy atom. The number of rotatable bonds is 7. The smallest absolute Gasteiger partial charge is 0.158 e. The van der Waals surface area contributed by atoms with E-state index in [2.05, 4.69) is 19.9 Å². The second kappa shape index (κ2) is 7.56. The zero-order chi connectivity index (χ0) is 17.8. The topological polar surface area (TPSA) is 35.5 Å². The van der Waals surface area contributed by atoms with Crippen molar-refractivity contribution < 1.29 is 14.3 Å².